The van der Waals surface area contributed by atoms with Gasteiger partial charge in [-0.15, -0.1) is 0 Å². The normalized spacial score (nSPS) is 11.5. The Balaban J connectivity index is 2.49. The van der Waals surface area contributed by atoms with Crippen LogP contribution in [0.25, 0.3) is 0 Å². The van der Waals surface area contributed by atoms with Crippen LogP contribution in [0.3, 0.4) is 0 Å². The molecule has 1 aromatic heterocycles. The van der Waals surface area contributed by atoms with E-state index in [4.69, 9.17) is 4.42 Å². The maximum atomic E-state index is 11.7. The summed E-state index contributed by atoms with van der Waals surface area (Å²) in [4.78, 5) is 11.7. The molecule has 4 nitrogen and oxygen atoms in total. The third-order valence-corrected chi connectivity index (χ3v) is 2.79. The van der Waals surface area contributed by atoms with Gasteiger partial charge < -0.3 is 14.8 Å². The molecule has 0 aliphatic carbocycles. The van der Waals surface area contributed by atoms with Crippen LogP contribution >= 0.6 is 0 Å². The summed E-state index contributed by atoms with van der Waals surface area (Å²) in [6.07, 6.45) is 6.06. The Morgan fingerprint density at radius 1 is 1.41 bits per heavy atom. The van der Waals surface area contributed by atoms with Gasteiger partial charge in [0.15, 0.2) is 0 Å². The first-order valence-corrected chi connectivity index (χ1v) is 6.14. The highest BCUT2D eigenvalue weighted by atomic mass is 16.3. The number of carbonyl (C=O) groups is 1. The van der Waals surface area contributed by atoms with Crippen LogP contribution in [0.1, 0.15) is 49.9 Å². The molecule has 2 N–H and O–H groups in total. The first-order valence-electron chi connectivity index (χ1n) is 6.14. The van der Waals surface area contributed by atoms with E-state index in [0.717, 1.165) is 12.8 Å². The molecule has 0 spiro atoms. The molecule has 0 bridgehead atoms. The van der Waals surface area contributed by atoms with Crippen LogP contribution in [0.2, 0.25) is 0 Å². The molecule has 17 heavy (non-hydrogen) atoms. The third kappa shape index (κ3) is 4.23. The van der Waals surface area contributed by atoms with Gasteiger partial charge in [-0.1, -0.05) is 26.7 Å². The van der Waals surface area contributed by atoms with E-state index in [0.29, 0.717) is 24.9 Å². The van der Waals surface area contributed by atoms with Gasteiger partial charge in [0.25, 0.3) is 5.91 Å². The van der Waals surface area contributed by atoms with Gasteiger partial charge in [-0.05, 0) is 18.9 Å². The van der Waals surface area contributed by atoms with Crippen LogP contribution in [0.15, 0.2) is 23.0 Å². The van der Waals surface area contributed by atoms with Crippen molar-refractivity contribution in [2.75, 3.05) is 6.54 Å². The average Bonchev–Trinajstić information content (AvgIpc) is 2.80. The number of aliphatic hydroxyl groups is 1. The zero-order valence-corrected chi connectivity index (χ0v) is 10.5. The predicted molar refractivity (Wildman–Crippen MR) is 65.8 cm³/mol. The molecular weight excluding hydrogens is 218 g/mol. The summed E-state index contributed by atoms with van der Waals surface area (Å²) in [6, 6.07) is 1.61. The summed E-state index contributed by atoms with van der Waals surface area (Å²) in [6.45, 7) is 4.34. The zero-order chi connectivity index (χ0) is 12.7. The van der Waals surface area contributed by atoms with E-state index in [-0.39, 0.29) is 5.91 Å². The number of hydrogen-bond acceptors (Lipinski definition) is 3. The highest BCUT2D eigenvalue weighted by Crippen LogP contribution is 2.18. The van der Waals surface area contributed by atoms with Gasteiger partial charge in [0.1, 0.15) is 6.26 Å². The molecule has 4 heteroatoms. The summed E-state index contributed by atoms with van der Waals surface area (Å²) in [7, 11) is 0. The van der Waals surface area contributed by atoms with E-state index in [1.807, 2.05) is 13.8 Å². The van der Waals surface area contributed by atoms with Crippen LogP contribution in [-0.4, -0.2) is 23.2 Å². The van der Waals surface area contributed by atoms with Gasteiger partial charge in [-0.25, -0.2) is 0 Å². The second-order valence-corrected chi connectivity index (χ2v) is 4.42. The minimum atomic E-state index is -0.789. The Labute approximate surface area is 102 Å². The molecule has 0 aliphatic rings. The van der Waals surface area contributed by atoms with E-state index in [1.165, 1.54) is 12.5 Å². The molecule has 1 amide bonds. The Morgan fingerprint density at radius 2 is 2.06 bits per heavy atom. The topological polar surface area (TPSA) is 62.5 Å². The highest BCUT2D eigenvalue weighted by molar-refractivity contribution is 5.93. The maximum Gasteiger partial charge on any atom is 0.254 e. The lowest BCUT2D eigenvalue weighted by atomic mass is 9.92. The number of carbonyl (C=O) groups excluding carboxylic acids is 1. The third-order valence-electron chi connectivity index (χ3n) is 2.79. The van der Waals surface area contributed by atoms with Gasteiger partial charge in [0, 0.05) is 6.54 Å². The van der Waals surface area contributed by atoms with Crippen molar-refractivity contribution in [1.29, 1.82) is 0 Å². The van der Waals surface area contributed by atoms with Crippen molar-refractivity contribution in [3.63, 3.8) is 0 Å². The Morgan fingerprint density at radius 3 is 2.53 bits per heavy atom. The molecule has 0 atom stereocenters. The van der Waals surface area contributed by atoms with Crippen LogP contribution in [0.4, 0.5) is 0 Å². The largest absolute Gasteiger partial charge is 0.472 e. The number of rotatable bonds is 7. The molecule has 0 aliphatic heterocycles. The van der Waals surface area contributed by atoms with E-state index in [2.05, 4.69) is 5.32 Å². The first kappa shape index (κ1) is 13.8. The molecule has 0 radical (unpaired) electrons. The van der Waals surface area contributed by atoms with E-state index in [1.54, 1.807) is 6.07 Å². The van der Waals surface area contributed by atoms with E-state index in [9.17, 15) is 9.90 Å². The zero-order valence-electron chi connectivity index (χ0n) is 10.5. The van der Waals surface area contributed by atoms with E-state index >= 15 is 0 Å². The molecule has 1 aromatic rings. The van der Waals surface area contributed by atoms with Crippen LogP contribution in [0, 0.1) is 0 Å². The Bertz CT molecular complexity index is 326. The molecule has 0 unspecified atom stereocenters. The average molecular weight is 239 g/mol. The van der Waals surface area contributed by atoms with Crippen LogP contribution in [-0.2, 0) is 0 Å². The molecule has 1 rings (SSSR count). The van der Waals surface area contributed by atoms with Crippen molar-refractivity contribution in [2.45, 2.75) is 45.1 Å². The van der Waals surface area contributed by atoms with Crippen molar-refractivity contribution in [3.8, 4) is 0 Å². The fourth-order valence-corrected chi connectivity index (χ4v) is 1.97. The fourth-order valence-electron chi connectivity index (χ4n) is 1.97. The standard InChI is InChI=1S/C13H21NO3/c1-3-6-13(16,7-4-2)10-14-12(15)11-5-8-17-9-11/h5,8-9,16H,3-4,6-7,10H2,1-2H3,(H,14,15). The van der Waals surface area contributed by atoms with Crippen molar-refractivity contribution in [2.24, 2.45) is 0 Å². The number of amides is 1. The van der Waals surface area contributed by atoms with Gasteiger partial charge in [-0.2, -0.15) is 0 Å². The minimum Gasteiger partial charge on any atom is -0.472 e. The molecule has 0 aromatic carbocycles. The monoisotopic (exact) mass is 239 g/mol. The number of nitrogens with one attached hydrogen (secondary N) is 1. The highest BCUT2D eigenvalue weighted by Gasteiger charge is 2.25. The maximum absolute atomic E-state index is 11.7. The van der Waals surface area contributed by atoms with Crippen molar-refractivity contribution in [3.05, 3.63) is 24.2 Å². The number of hydrogen-bond donors (Lipinski definition) is 2. The summed E-state index contributed by atoms with van der Waals surface area (Å²) >= 11 is 0. The second-order valence-electron chi connectivity index (χ2n) is 4.42. The van der Waals surface area contributed by atoms with Crippen molar-refractivity contribution < 1.29 is 14.3 Å². The SMILES string of the molecule is CCCC(O)(CCC)CNC(=O)c1ccoc1. The lowest BCUT2D eigenvalue weighted by molar-refractivity contribution is 0.0213. The summed E-state index contributed by atoms with van der Waals surface area (Å²) in [5.41, 5.74) is -0.302. The molecule has 0 saturated carbocycles. The first-order chi connectivity index (χ1) is 8.11. The lowest BCUT2D eigenvalue weighted by Crippen LogP contribution is -2.42. The van der Waals surface area contributed by atoms with Gasteiger partial charge >= 0.3 is 0 Å². The summed E-state index contributed by atoms with van der Waals surface area (Å²) in [5.74, 6) is -0.204. The lowest BCUT2D eigenvalue weighted by Gasteiger charge is -2.27. The Kier molecular flexibility index (Phi) is 5.22. The smallest absolute Gasteiger partial charge is 0.254 e. The quantitative estimate of drug-likeness (QED) is 0.767. The van der Waals surface area contributed by atoms with Crippen LogP contribution < -0.4 is 5.32 Å². The minimum absolute atomic E-state index is 0.204. The molecule has 1 heterocycles. The van der Waals surface area contributed by atoms with Gasteiger partial charge in [0.2, 0.25) is 0 Å². The number of furan rings is 1. The van der Waals surface area contributed by atoms with Crippen molar-refractivity contribution in [1.82, 2.24) is 5.32 Å². The molecule has 96 valence electrons. The molecular formula is C13H21NO3. The summed E-state index contributed by atoms with van der Waals surface area (Å²) in [5, 5.41) is 13.1. The fraction of sp³-hybridized carbons (Fsp3) is 0.615. The van der Waals surface area contributed by atoms with Gasteiger partial charge in [-0.3, -0.25) is 4.79 Å². The van der Waals surface area contributed by atoms with Gasteiger partial charge in [0.05, 0.1) is 17.4 Å². The summed E-state index contributed by atoms with van der Waals surface area (Å²) < 4.78 is 4.84. The molecule has 0 saturated heterocycles. The van der Waals surface area contributed by atoms with E-state index < -0.39 is 5.60 Å². The predicted octanol–water partition coefficient (Wildman–Crippen LogP) is 2.34. The molecule has 0 fully saturated rings. The second kappa shape index (κ2) is 6.45. The Hall–Kier alpha value is -1.29. The van der Waals surface area contributed by atoms with Crippen molar-refractivity contribution >= 4 is 5.91 Å². The van der Waals surface area contributed by atoms with Crippen LogP contribution in [0.5, 0.6) is 0 Å².